The van der Waals surface area contributed by atoms with Crippen molar-refractivity contribution in [2.24, 2.45) is 0 Å². The zero-order chi connectivity index (χ0) is 15.0. The van der Waals surface area contributed by atoms with Crippen LogP contribution < -0.4 is 10.1 Å². The molecule has 1 aliphatic heterocycles. The molecule has 5 heteroatoms. The lowest BCUT2D eigenvalue weighted by atomic mass is 9.90. The van der Waals surface area contributed by atoms with Gasteiger partial charge >= 0.3 is 0 Å². The normalized spacial score (nSPS) is 17.0. The van der Waals surface area contributed by atoms with Crippen LogP contribution in [0.1, 0.15) is 27.5 Å². The van der Waals surface area contributed by atoms with Crippen LogP contribution in [0.2, 0.25) is 0 Å². The number of rotatable bonds is 2. The molecule has 5 nitrogen and oxygen atoms in total. The third kappa shape index (κ3) is 2.27. The number of ether oxygens (including phenoxy) is 1. The highest BCUT2D eigenvalue weighted by atomic mass is 16.5. The maximum atomic E-state index is 12.1. The molecule has 0 bridgehead atoms. The summed E-state index contributed by atoms with van der Waals surface area (Å²) in [5.41, 5.74) is 1.90. The highest BCUT2D eigenvalue weighted by Crippen LogP contribution is 2.34. The minimum atomic E-state index is -0.311. The van der Waals surface area contributed by atoms with Crippen molar-refractivity contribution in [3.8, 4) is 17.2 Å². The van der Waals surface area contributed by atoms with Crippen molar-refractivity contribution in [3.05, 3.63) is 53.1 Å². The van der Waals surface area contributed by atoms with E-state index < -0.39 is 0 Å². The number of hydrogen-bond acceptors (Lipinski definition) is 4. The van der Waals surface area contributed by atoms with Crippen molar-refractivity contribution in [2.45, 2.75) is 12.5 Å². The van der Waals surface area contributed by atoms with Crippen molar-refractivity contribution < 1.29 is 19.7 Å². The van der Waals surface area contributed by atoms with E-state index in [-0.39, 0.29) is 23.4 Å². The van der Waals surface area contributed by atoms with Gasteiger partial charge in [-0.1, -0.05) is 18.2 Å². The number of hydrogen-bond donors (Lipinski definition) is 3. The fourth-order valence-electron chi connectivity index (χ4n) is 2.65. The lowest BCUT2D eigenvalue weighted by Crippen LogP contribution is -2.35. The second-order valence-electron chi connectivity index (χ2n) is 4.97. The quantitative estimate of drug-likeness (QED) is 0.790. The smallest absolute Gasteiger partial charge is 0.255 e. The number of aromatic hydroxyl groups is 2. The van der Waals surface area contributed by atoms with Crippen LogP contribution in [0.15, 0.2) is 36.4 Å². The Kier molecular flexibility index (Phi) is 3.17. The molecule has 1 amide bonds. The van der Waals surface area contributed by atoms with Gasteiger partial charge in [-0.15, -0.1) is 0 Å². The standard InChI is InChI=1S/C16H15NO4/c1-21-14-6-5-9(8-13(14)19)11-7-10-3-2-4-12(18)15(10)16(20)17-11/h2-6,8,11,18-19H,7H2,1H3,(H,17,20). The van der Waals surface area contributed by atoms with Crippen LogP contribution >= 0.6 is 0 Å². The summed E-state index contributed by atoms with van der Waals surface area (Å²) in [4.78, 5) is 12.1. The highest BCUT2D eigenvalue weighted by molar-refractivity contribution is 5.99. The molecule has 108 valence electrons. The van der Waals surface area contributed by atoms with Crippen molar-refractivity contribution in [1.82, 2.24) is 5.32 Å². The topological polar surface area (TPSA) is 78.8 Å². The molecule has 0 saturated heterocycles. The fourth-order valence-corrected chi connectivity index (χ4v) is 2.65. The first-order valence-corrected chi connectivity index (χ1v) is 6.58. The van der Waals surface area contributed by atoms with Crippen molar-refractivity contribution in [3.63, 3.8) is 0 Å². The molecule has 0 radical (unpaired) electrons. The summed E-state index contributed by atoms with van der Waals surface area (Å²) in [6.07, 6.45) is 0.557. The lowest BCUT2D eigenvalue weighted by molar-refractivity contribution is 0.0922. The Balaban J connectivity index is 1.96. The first-order valence-electron chi connectivity index (χ1n) is 6.58. The van der Waals surface area contributed by atoms with Gasteiger partial charge in [-0.05, 0) is 35.7 Å². The zero-order valence-electron chi connectivity index (χ0n) is 11.5. The summed E-state index contributed by atoms with van der Waals surface area (Å²) in [5, 5.41) is 22.5. The Hall–Kier alpha value is -2.69. The highest BCUT2D eigenvalue weighted by Gasteiger charge is 2.27. The molecule has 1 aliphatic rings. The number of phenols is 2. The van der Waals surface area contributed by atoms with Gasteiger partial charge < -0.3 is 20.3 Å². The van der Waals surface area contributed by atoms with E-state index in [1.165, 1.54) is 13.2 Å². The minimum Gasteiger partial charge on any atom is -0.507 e. The molecule has 0 aliphatic carbocycles. The predicted octanol–water partition coefficient (Wildman–Crippen LogP) is 2.13. The van der Waals surface area contributed by atoms with Crippen LogP contribution in [0.5, 0.6) is 17.2 Å². The van der Waals surface area contributed by atoms with Crippen molar-refractivity contribution >= 4 is 5.91 Å². The van der Waals surface area contributed by atoms with Crippen LogP contribution in [0.25, 0.3) is 0 Å². The van der Waals surface area contributed by atoms with E-state index in [0.29, 0.717) is 17.7 Å². The van der Waals surface area contributed by atoms with E-state index in [2.05, 4.69) is 5.32 Å². The molecule has 1 unspecified atom stereocenters. The van der Waals surface area contributed by atoms with Gasteiger partial charge in [0.25, 0.3) is 5.91 Å². The van der Waals surface area contributed by atoms with Crippen LogP contribution in [0.3, 0.4) is 0 Å². The predicted molar refractivity (Wildman–Crippen MR) is 76.7 cm³/mol. The molecule has 0 spiro atoms. The van der Waals surface area contributed by atoms with Crippen molar-refractivity contribution in [1.29, 1.82) is 0 Å². The number of phenolic OH excluding ortho intramolecular Hbond substituents is 2. The van der Waals surface area contributed by atoms with Gasteiger partial charge in [0.2, 0.25) is 0 Å². The third-order valence-corrected chi connectivity index (χ3v) is 3.69. The van der Waals surface area contributed by atoms with Gasteiger partial charge in [0.05, 0.1) is 18.7 Å². The van der Waals surface area contributed by atoms with Gasteiger partial charge in [-0.3, -0.25) is 4.79 Å². The summed E-state index contributed by atoms with van der Waals surface area (Å²) >= 11 is 0. The van der Waals surface area contributed by atoms with Gasteiger partial charge in [-0.25, -0.2) is 0 Å². The Morgan fingerprint density at radius 3 is 2.71 bits per heavy atom. The summed E-state index contributed by atoms with van der Waals surface area (Å²) in [5.74, 6) is 0.0978. The number of fused-ring (bicyclic) bond motifs is 1. The Labute approximate surface area is 121 Å². The zero-order valence-corrected chi connectivity index (χ0v) is 11.5. The number of nitrogens with one attached hydrogen (secondary N) is 1. The largest absolute Gasteiger partial charge is 0.507 e. The fraction of sp³-hybridized carbons (Fsp3) is 0.188. The van der Waals surface area contributed by atoms with Crippen LogP contribution in [-0.4, -0.2) is 23.2 Å². The van der Waals surface area contributed by atoms with E-state index in [0.717, 1.165) is 11.1 Å². The van der Waals surface area contributed by atoms with Crippen molar-refractivity contribution in [2.75, 3.05) is 7.11 Å². The second kappa shape index (κ2) is 5.01. The molecular weight excluding hydrogens is 270 g/mol. The van der Waals surface area contributed by atoms with Gasteiger partial charge in [0.15, 0.2) is 11.5 Å². The third-order valence-electron chi connectivity index (χ3n) is 3.69. The monoisotopic (exact) mass is 285 g/mol. The first kappa shape index (κ1) is 13.3. The average Bonchev–Trinajstić information content (AvgIpc) is 2.46. The summed E-state index contributed by atoms with van der Waals surface area (Å²) in [7, 11) is 1.48. The maximum Gasteiger partial charge on any atom is 0.255 e. The number of amides is 1. The maximum absolute atomic E-state index is 12.1. The van der Waals surface area contributed by atoms with E-state index in [1.807, 2.05) is 6.07 Å². The number of methoxy groups -OCH3 is 1. The molecule has 2 aromatic carbocycles. The Morgan fingerprint density at radius 1 is 1.19 bits per heavy atom. The average molecular weight is 285 g/mol. The second-order valence-corrected chi connectivity index (χ2v) is 4.97. The SMILES string of the molecule is COc1ccc(C2Cc3cccc(O)c3C(=O)N2)cc1O. The molecule has 1 atom stereocenters. The van der Waals surface area contributed by atoms with E-state index >= 15 is 0 Å². The number of benzene rings is 2. The van der Waals surface area contributed by atoms with Gasteiger partial charge in [0.1, 0.15) is 5.75 Å². The minimum absolute atomic E-state index is 0.0129. The van der Waals surface area contributed by atoms with E-state index in [1.54, 1.807) is 24.3 Å². The molecule has 0 saturated carbocycles. The molecule has 3 N–H and O–H groups in total. The van der Waals surface area contributed by atoms with Gasteiger partial charge in [-0.2, -0.15) is 0 Å². The molecule has 0 aromatic heterocycles. The van der Waals surface area contributed by atoms with Crippen LogP contribution in [0.4, 0.5) is 0 Å². The summed E-state index contributed by atoms with van der Waals surface area (Å²) < 4.78 is 5.01. The summed E-state index contributed by atoms with van der Waals surface area (Å²) in [6, 6.07) is 9.84. The number of carbonyl (C=O) groups excluding carboxylic acids is 1. The number of carbonyl (C=O) groups is 1. The molecule has 1 heterocycles. The van der Waals surface area contributed by atoms with Crippen LogP contribution in [0, 0.1) is 0 Å². The van der Waals surface area contributed by atoms with Crippen LogP contribution in [-0.2, 0) is 6.42 Å². The molecule has 3 rings (SSSR count). The lowest BCUT2D eigenvalue weighted by Gasteiger charge is -2.26. The van der Waals surface area contributed by atoms with E-state index in [4.69, 9.17) is 4.74 Å². The molecule has 0 fully saturated rings. The van der Waals surface area contributed by atoms with E-state index in [9.17, 15) is 15.0 Å². The molecule has 21 heavy (non-hydrogen) atoms. The first-order chi connectivity index (χ1) is 10.1. The van der Waals surface area contributed by atoms with Gasteiger partial charge in [0, 0.05) is 0 Å². The molecule has 2 aromatic rings. The summed E-state index contributed by atoms with van der Waals surface area (Å²) in [6.45, 7) is 0. The Morgan fingerprint density at radius 2 is 2.00 bits per heavy atom. The molecular formula is C16H15NO4. The Bertz CT molecular complexity index is 711.